The number of rotatable bonds is 1. The van der Waals surface area contributed by atoms with Gasteiger partial charge in [0, 0.05) is 10.7 Å². The minimum absolute atomic E-state index is 0.559. The lowest BCUT2D eigenvalue weighted by atomic mass is 10.1. The molecule has 0 radical (unpaired) electrons. The van der Waals surface area contributed by atoms with Crippen LogP contribution in [0.3, 0.4) is 0 Å². The van der Waals surface area contributed by atoms with Crippen LogP contribution in [0.5, 0.6) is 0 Å². The van der Waals surface area contributed by atoms with Gasteiger partial charge in [-0.2, -0.15) is 0 Å². The number of nitrogens with zero attached hydrogens (tertiary/aromatic N) is 1. The zero-order valence-electron chi connectivity index (χ0n) is 7.72. The van der Waals surface area contributed by atoms with Gasteiger partial charge < -0.3 is 0 Å². The van der Waals surface area contributed by atoms with Gasteiger partial charge in [0.25, 0.3) is 0 Å². The Morgan fingerprint density at radius 1 is 1.43 bits per heavy atom. The van der Waals surface area contributed by atoms with E-state index in [1.165, 1.54) is 16.5 Å². The molecule has 0 aliphatic carbocycles. The summed E-state index contributed by atoms with van der Waals surface area (Å²) in [5.74, 6) is 0. The number of benzene rings is 1. The number of para-hydroxylation sites is 1. The second-order valence-electron chi connectivity index (χ2n) is 3.21. The molecule has 1 aromatic heterocycles. The van der Waals surface area contributed by atoms with E-state index in [0.29, 0.717) is 5.15 Å². The van der Waals surface area contributed by atoms with Crippen molar-refractivity contribution < 1.29 is 0 Å². The Hall–Kier alpha value is -0.600. The topological polar surface area (TPSA) is 12.9 Å². The lowest BCUT2D eigenvalue weighted by molar-refractivity contribution is 1.33. The third kappa shape index (κ3) is 1.64. The van der Waals surface area contributed by atoms with Gasteiger partial charge in [0.2, 0.25) is 0 Å². The van der Waals surface area contributed by atoms with E-state index in [0.717, 1.165) is 10.8 Å². The van der Waals surface area contributed by atoms with Crippen molar-refractivity contribution in [2.75, 3.05) is 0 Å². The first kappa shape index (κ1) is 9.94. The summed E-state index contributed by atoms with van der Waals surface area (Å²) in [5.41, 5.74) is 3.34. The highest BCUT2D eigenvalue weighted by Crippen LogP contribution is 2.24. The summed E-state index contributed by atoms with van der Waals surface area (Å²) in [4.78, 5) is 4.34. The quantitative estimate of drug-likeness (QED) is 0.562. The molecule has 1 aromatic carbocycles. The van der Waals surface area contributed by atoms with E-state index in [2.05, 4.69) is 33.0 Å². The van der Waals surface area contributed by atoms with E-state index < -0.39 is 0 Å². The maximum absolute atomic E-state index is 5.93. The van der Waals surface area contributed by atoms with E-state index in [-0.39, 0.29) is 0 Å². The second kappa shape index (κ2) is 3.87. The molecule has 0 unspecified atom stereocenters. The number of alkyl halides is 1. The van der Waals surface area contributed by atoms with Gasteiger partial charge >= 0.3 is 0 Å². The zero-order valence-corrected chi connectivity index (χ0v) is 10.1. The van der Waals surface area contributed by atoms with Crippen molar-refractivity contribution in [1.29, 1.82) is 0 Å². The number of hydrogen-bond donors (Lipinski definition) is 0. The van der Waals surface area contributed by atoms with Gasteiger partial charge in [-0.05, 0) is 24.1 Å². The van der Waals surface area contributed by atoms with Crippen LogP contribution < -0.4 is 0 Å². The van der Waals surface area contributed by atoms with Gasteiger partial charge in [0.05, 0.1) is 5.52 Å². The van der Waals surface area contributed by atoms with E-state index in [9.17, 15) is 0 Å². The number of aromatic nitrogens is 1. The molecule has 0 amide bonds. The van der Waals surface area contributed by atoms with Crippen molar-refractivity contribution in [3.05, 3.63) is 40.5 Å². The molecule has 0 saturated carbocycles. The number of pyridine rings is 1. The fourth-order valence-corrected chi connectivity index (χ4v) is 2.25. The molecule has 14 heavy (non-hydrogen) atoms. The normalized spacial score (nSPS) is 10.8. The third-order valence-corrected chi connectivity index (χ3v) is 3.04. The Balaban J connectivity index is 2.86. The predicted octanol–water partition coefficient (Wildman–Crippen LogP) is 4.09. The molecule has 3 heteroatoms. The molecule has 0 aliphatic rings. The van der Waals surface area contributed by atoms with Gasteiger partial charge in [0.15, 0.2) is 0 Å². The monoisotopic (exact) mass is 269 g/mol. The zero-order chi connectivity index (χ0) is 10.1. The van der Waals surface area contributed by atoms with Gasteiger partial charge in [-0.25, -0.2) is 4.98 Å². The highest BCUT2D eigenvalue weighted by molar-refractivity contribution is 9.08. The highest BCUT2D eigenvalue weighted by atomic mass is 79.9. The van der Waals surface area contributed by atoms with E-state index in [4.69, 9.17) is 11.6 Å². The summed E-state index contributed by atoms with van der Waals surface area (Å²) in [6.45, 7) is 2.05. The first-order chi connectivity index (χ1) is 6.72. The molecule has 0 saturated heterocycles. The standard InChI is InChI=1S/C11H9BrClN/c1-7-5-10(13)14-11-8(6-12)3-2-4-9(7)11/h2-5H,6H2,1H3. The van der Waals surface area contributed by atoms with Gasteiger partial charge in [-0.15, -0.1) is 0 Å². The Labute approximate surface area is 96.2 Å². The van der Waals surface area contributed by atoms with E-state index >= 15 is 0 Å². The Morgan fingerprint density at radius 3 is 2.93 bits per heavy atom. The van der Waals surface area contributed by atoms with Crippen LogP contribution in [0.2, 0.25) is 5.15 Å². The molecular formula is C11H9BrClN. The molecule has 0 spiro atoms. The minimum Gasteiger partial charge on any atom is -0.236 e. The molecular weight excluding hydrogens is 261 g/mol. The lowest BCUT2D eigenvalue weighted by Gasteiger charge is -2.05. The highest BCUT2D eigenvalue weighted by Gasteiger charge is 2.04. The SMILES string of the molecule is Cc1cc(Cl)nc2c(CBr)cccc12. The van der Waals surface area contributed by atoms with E-state index in [1.54, 1.807) is 0 Å². The number of fused-ring (bicyclic) bond motifs is 1. The van der Waals surface area contributed by atoms with Crippen molar-refractivity contribution in [2.45, 2.75) is 12.3 Å². The number of halogens is 2. The van der Waals surface area contributed by atoms with Crippen molar-refractivity contribution >= 4 is 38.4 Å². The molecule has 0 bridgehead atoms. The summed E-state index contributed by atoms with van der Waals surface area (Å²) in [6, 6.07) is 8.06. The summed E-state index contributed by atoms with van der Waals surface area (Å²) in [7, 11) is 0. The molecule has 1 nitrogen and oxygen atoms in total. The largest absolute Gasteiger partial charge is 0.236 e. The molecule has 2 aromatic rings. The van der Waals surface area contributed by atoms with Gasteiger partial charge in [0.1, 0.15) is 5.15 Å². The molecule has 72 valence electrons. The molecule has 0 N–H and O–H groups in total. The van der Waals surface area contributed by atoms with Crippen LogP contribution in [-0.4, -0.2) is 4.98 Å². The Bertz CT molecular complexity index is 482. The summed E-state index contributed by atoms with van der Waals surface area (Å²) in [5, 5.41) is 2.53. The Kier molecular flexibility index (Phi) is 2.75. The smallest absolute Gasteiger partial charge is 0.130 e. The van der Waals surface area contributed by atoms with Crippen LogP contribution in [-0.2, 0) is 5.33 Å². The third-order valence-electron chi connectivity index (χ3n) is 2.24. The van der Waals surface area contributed by atoms with Crippen molar-refractivity contribution in [3.63, 3.8) is 0 Å². The van der Waals surface area contributed by atoms with Crippen molar-refractivity contribution in [2.24, 2.45) is 0 Å². The maximum atomic E-state index is 5.93. The molecule has 0 fully saturated rings. The lowest BCUT2D eigenvalue weighted by Crippen LogP contribution is -1.89. The van der Waals surface area contributed by atoms with Crippen molar-refractivity contribution in [3.8, 4) is 0 Å². The number of aryl methyl sites for hydroxylation is 1. The predicted molar refractivity (Wildman–Crippen MR) is 64.1 cm³/mol. The average molecular weight is 271 g/mol. The van der Waals surface area contributed by atoms with Gasteiger partial charge in [-0.1, -0.05) is 45.7 Å². The van der Waals surface area contributed by atoms with Crippen LogP contribution in [0.15, 0.2) is 24.3 Å². The summed E-state index contributed by atoms with van der Waals surface area (Å²) < 4.78 is 0. The van der Waals surface area contributed by atoms with Crippen molar-refractivity contribution in [1.82, 2.24) is 4.98 Å². The summed E-state index contributed by atoms with van der Waals surface area (Å²) in [6.07, 6.45) is 0. The van der Waals surface area contributed by atoms with Crippen LogP contribution in [0.1, 0.15) is 11.1 Å². The average Bonchev–Trinajstić information content (AvgIpc) is 2.17. The summed E-state index contributed by atoms with van der Waals surface area (Å²) >= 11 is 9.37. The van der Waals surface area contributed by atoms with Crippen LogP contribution in [0, 0.1) is 6.92 Å². The molecule has 1 heterocycles. The second-order valence-corrected chi connectivity index (χ2v) is 4.16. The molecule has 0 aliphatic heterocycles. The number of hydrogen-bond acceptors (Lipinski definition) is 1. The van der Waals surface area contributed by atoms with E-state index in [1.807, 2.05) is 19.1 Å². The van der Waals surface area contributed by atoms with Crippen LogP contribution >= 0.6 is 27.5 Å². The maximum Gasteiger partial charge on any atom is 0.130 e. The first-order valence-electron chi connectivity index (χ1n) is 4.33. The fourth-order valence-electron chi connectivity index (χ4n) is 1.54. The molecule has 2 rings (SSSR count). The molecule has 0 atom stereocenters. The van der Waals surface area contributed by atoms with Crippen LogP contribution in [0.4, 0.5) is 0 Å². The minimum atomic E-state index is 0.559. The van der Waals surface area contributed by atoms with Crippen LogP contribution in [0.25, 0.3) is 10.9 Å². The fraction of sp³-hybridized carbons (Fsp3) is 0.182. The van der Waals surface area contributed by atoms with Gasteiger partial charge in [-0.3, -0.25) is 0 Å². The first-order valence-corrected chi connectivity index (χ1v) is 5.83. The Morgan fingerprint density at radius 2 is 2.21 bits per heavy atom.